The first-order valence-electron chi connectivity index (χ1n) is 8.62. The average molecular weight is 379 g/mol. The maximum Gasteiger partial charge on any atom is 0.191 e. The highest BCUT2D eigenvalue weighted by Crippen LogP contribution is 2.10. The number of guanidine groups is 1. The van der Waals surface area contributed by atoms with Gasteiger partial charge in [-0.25, -0.2) is 9.38 Å². The van der Waals surface area contributed by atoms with Crippen LogP contribution in [-0.4, -0.2) is 39.3 Å². The molecule has 0 saturated heterocycles. The first-order valence-corrected chi connectivity index (χ1v) is 10.0. The summed E-state index contributed by atoms with van der Waals surface area (Å²) < 4.78 is 15.4. The van der Waals surface area contributed by atoms with Crippen molar-refractivity contribution in [3.63, 3.8) is 0 Å². The van der Waals surface area contributed by atoms with Crippen molar-refractivity contribution in [1.82, 2.24) is 25.4 Å². The number of hydrogen-bond donors (Lipinski definition) is 2. The van der Waals surface area contributed by atoms with E-state index in [1.54, 1.807) is 13.0 Å². The van der Waals surface area contributed by atoms with Gasteiger partial charge in [0.15, 0.2) is 11.8 Å². The van der Waals surface area contributed by atoms with Crippen molar-refractivity contribution in [2.75, 3.05) is 18.6 Å². The highest BCUT2D eigenvalue weighted by Gasteiger charge is 2.06. The molecular weight excluding hydrogens is 351 g/mol. The summed E-state index contributed by atoms with van der Waals surface area (Å²) in [5.74, 6) is 3.34. The van der Waals surface area contributed by atoms with Gasteiger partial charge < -0.3 is 15.2 Å². The Bertz CT molecular complexity index is 743. The predicted octanol–water partition coefficient (Wildman–Crippen LogP) is 2.56. The Hall–Kier alpha value is -2.09. The van der Waals surface area contributed by atoms with Crippen LogP contribution in [0.2, 0.25) is 0 Å². The van der Waals surface area contributed by atoms with Gasteiger partial charge in [-0.05, 0) is 49.5 Å². The maximum absolute atomic E-state index is 13.4. The van der Waals surface area contributed by atoms with Crippen molar-refractivity contribution < 1.29 is 4.39 Å². The molecule has 0 fully saturated rings. The maximum atomic E-state index is 13.4. The van der Waals surface area contributed by atoms with Gasteiger partial charge in [-0.3, -0.25) is 0 Å². The summed E-state index contributed by atoms with van der Waals surface area (Å²) >= 11 is 1.82. The zero-order valence-corrected chi connectivity index (χ0v) is 16.7. The topological polar surface area (TPSA) is 67.1 Å². The zero-order valence-electron chi connectivity index (χ0n) is 15.8. The fourth-order valence-corrected chi connectivity index (χ4v) is 2.77. The van der Waals surface area contributed by atoms with Crippen molar-refractivity contribution in [1.29, 1.82) is 0 Å². The third kappa shape index (κ3) is 6.01. The van der Waals surface area contributed by atoms with Crippen LogP contribution >= 0.6 is 11.8 Å². The van der Waals surface area contributed by atoms with Crippen LogP contribution in [-0.2, 0) is 20.1 Å². The monoisotopic (exact) mass is 378 g/mol. The smallest absolute Gasteiger partial charge is 0.191 e. The minimum Gasteiger partial charge on any atom is -0.356 e. The molecule has 0 aliphatic heterocycles. The van der Waals surface area contributed by atoms with Crippen molar-refractivity contribution in [2.24, 2.45) is 12.0 Å². The van der Waals surface area contributed by atoms with Gasteiger partial charge >= 0.3 is 0 Å². The molecule has 2 aromatic rings. The fraction of sp³-hybridized carbons (Fsp3) is 0.500. The lowest BCUT2D eigenvalue weighted by molar-refractivity contribution is 0.617. The first-order chi connectivity index (χ1) is 12.5. The molecule has 1 aromatic heterocycles. The van der Waals surface area contributed by atoms with Crippen LogP contribution in [0, 0.1) is 19.7 Å². The molecule has 0 saturated carbocycles. The summed E-state index contributed by atoms with van der Waals surface area (Å²) in [5.41, 5.74) is 1.61. The lowest BCUT2D eigenvalue weighted by Gasteiger charge is -2.12. The Morgan fingerprint density at radius 1 is 1.27 bits per heavy atom. The van der Waals surface area contributed by atoms with Crippen LogP contribution in [0.3, 0.4) is 0 Å². The third-order valence-corrected chi connectivity index (χ3v) is 4.75. The number of rotatable bonds is 8. The minimum atomic E-state index is -0.191. The van der Waals surface area contributed by atoms with Crippen LogP contribution in [0.1, 0.15) is 29.2 Å². The van der Waals surface area contributed by atoms with Crippen LogP contribution in [0.15, 0.2) is 23.2 Å². The van der Waals surface area contributed by atoms with Gasteiger partial charge in [-0.2, -0.15) is 11.8 Å². The van der Waals surface area contributed by atoms with Gasteiger partial charge in [0.05, 0.1) is 13.1 Å². The normalized spacial score (nSPS) is 11.7. The highest BCUT2D eigenvalue weighted by molar-refractivity contribution is 7.98. The third-order valence-electron chi connectivity index (χ3n) is 4.06. The number of nitrogens with zero attached hydrogens (tertiary/aromatic N) is 4. The van der Waals surface area contributed by atoms with Gasteiger partial charge in [0, 0.05) is 13.6 Å². The Balaban J connectivity index is 2.01. The Morgan fingerprint density at radius 3 is 2.73 bits per heavy atom. The molecule has 0 spiro atoms. The SMILES string of the molecule is CSCCCNC(=NCc1ccc(F)c(C)c1)NCc1nnc(C)n1C. The van der Waals surface area contributed by atoms with Gasteiger partial charge in [0.1, 0.15) is 11.6 Å². The molecule has 2 rings (SSSR count). The summed E-state index contributed by atoms with van der Waals surface area (Å²) in [5, 5.41) is 14.9. The van der Waals surface area contributed by atoms with Crippen LogP contribution < -0.4 is 10.6 Å². The van der Waals surface area contributed by atoms with Gasteiger partial charge in [0.25, 0.3) is 0 Å². The zero-order chi connectivity index (χ0) is 18.9. The largest absolute Gasteiger partial charge is 0.356 e. The molecule has 0 bridgehead atoms. The molecule has 6 nitrogen and oxygen atoms in total. The van der Waals surface area contributed by atoms with Crippen molar-refractivity contribution in [3.8, 4) is 0 Å². The quantitative estimate of drug-likeness (QED) is 0.420. The summed E-state index contributed by atoms with van der Waals surface area (Å²) in [6, 6.07) is 5.08. The van der Waals surface area contributed by atoms with E-state index in [-0.39, 0.29) is 5.82 Å². The molecule has 0 unspecified atom stereocenters. The molecule has 8 heteroatoms. The summed E-state index contributed by atoms with van der Waals surface area (Å²) in [6.07, 6.45) is 3.15. The fourth-order valence-electron chi connectivity index (χ4n) is 2.34. The number of nitrogens with one attached hydrogen (secondary N) is 2. The second-order valence-electron chi connectivity index (χ2n) is 6.10. The lowest BCUT2D eigenvalue weighted by atomic mass is 10.1. The Morgan fingerprint density at radius 2 is 2.08 bits per heavy atom. The van der Waals surface area contributed by atoms with E-state index in [2.05, 4.69) is 32.1 Å². The number of thioether (sulfide) groups is 1. The van der Waals surface area contributed by atoms with Gasteiger partial charge in [-0.1, -0.05) is 12.1 Å². The second-order valence-corrected chi connectivity index (χ2v) is 7.08. The van der Waals surface area contributed by atoms with Gasteiger partial charge in [0.2, 0.25) is 0 Å². The highest BCUT2D eigenvalue weighted by atomic mass is 32.2. The van der Waals surface area contributed by atoms with Crippen LogP contribution in [0.5, 0.6) is 0 Å². The van der Waals surface area contributed by atoms with E-state index in [0.29, 0.717) is 24.6 Å². The number of halogens is 1. The molecule has 1 heterocycles. The lowest BCUT2D eigenvalue weighted by Crippen LogP contribution is -2.38. The van der Waals surface area contributed by atoms with Crippen LogP contribution in [0.4, 0.5) is 4.39 Å². The van der Waals surface area contributed by atoms with E-state index in [9.17, 15) is 4.39 Å². The molecule has 0 aliphatic carbocycles. The van der Waals surface area contributed by atoms with Crippen molar-refractivity contribution in [2.45, 2.75) is 33.4 Å². The van der Waals surface area contributed by atoms with E-state index in [0.717, 1.165) is 35.9 Å². The molecule has 0 atom stereocenters. The van der Waals surface area contributed by atoms with Crippen LogP contribution in [0.25, 0.3) is 0 Å². The standard InChI is InChI=1S/C18H27FN6S/c1-13-10-15(6-7-16(13)19)11-21-18(20-8-5-9-26-4)22-12-17-24-23-14(2)25(17)3/h6-7,10H,5,8-9,11-12H2,1-4H3,(H2,20,21,22). The number of aromatic nitrogens is 3. The van der Waals surface area contributed by atoms with E-state index in [1.165, 1.54) is 6.07 Å². The van der Waals surface area contributed by atoms with E-state index < -0.39 is 0 Å². The summed E-state index contributed by atoms with van der Waals surface area (Å²) in [7, 11) is 1.94. The van der Waals surface area contributed by atoms with Gasteiger partial charge in [-0.15, -0.1) is 10.2 Å². The molecule has 142 valence electrons. The molecule has 2 N–H and O–H groups in total. The summed E-state index contributed by atoms with van der Waals surface area (Å²) in [4.78, 5) is 4.62. The number of hydrogen-bond acceptors (Lipinski definition) is 4. The van der Waals surface area contributed by atoms with E-state index in [4.69, 9.17) is 0 Å². The van der Waals surface area contributed by atoms with Crippen molar-refractivity contribution >= 4 is 17.7 Å². The van der Waals surface area contributed by atoms with E-state index in [1.807, 2.05) is 36.4 Å². The minimum absolute atomic E-state index is 0.191. The Kier molecular flexibility index (Phi) is 7.90. The molecule has 1 aromatic carbocycles. The van der Waals surface area contributed by atoms with Crippen molar-refractivity contribution in [3.05, 3.63) is 46.8 Å². The number of aliphatic imine (C=N–C) groups is 1. The average Bonchev–Trinajstić information content (AvgIpc) is 2.95. The second kappa shape index (κ2) is 10.2. The Labute approximate surface area is 158 Å². The molecule has 0 aliphatic rings. The first kappa shape index (κ1) is 20.2. The molecule has 26 heavy (non-hydrogen) atoms. The number of benzene rings is 1. The molecular formula is C18H27FN6S. The molecule has 0 radical (unpaired) electrons. The predicted molar refractivity (Wildman–Crippen MR) is 106 cm³/mol. The molecule has 0 amide bonds. The van der Waals surface area contributed by atoms with E-state index >= 15 is 0 Å². The summed E-state index contributed by atoms with van der Waals surface area (Å²) in [6.45, 7) is 5.54. The number of aryl methyl sites for hydroxylation is 2.